The van der Waals surface area contributed by atoms with Gasteiger partial charge in [-0.25, -0.2) is 26.9 Å². The van der Waals surface area contributed by atoms with Crippen LogP contribution in [-0.2, 0) is 10.0 Å². The van der Waals surface area contributed by atoms with Gasteiger partial charge in [0.25, 0.3) is 0 Å². The molecule has 0 unspecified atom stereocenters. The second kappa shape index (κ2) is 9.05. The molecule has 0 amide bonds. The summed E-state index contributed by atoms with van der Waals surface area (Å²) in [6.07, 6.45) is 2.28. The van der Waals surface area contributed by atoms with Gasteiger partial charge in [0.15, 0.2) is 0 Å². The van der Waals surface area contributed by atoms with Crippen LogP contribution in [0, 0.1) is 18.6 Å². The van der Waals surface area contributed by atoms with Crippen LogP contribution >= 0.6 is 0 Å². The van der Waals surface area contributed by atoms with Crippen molar-refractivity contribution in [3.05, 3.63) is 84.1 Å². The Morgan fingerprint density at radius 2 is 1.62 bits per heavy atom. The number of pyridine rings is 1. The molecule has 0 fully saturated rings. The average Bonchev–Trinajstić information content (AvgIpc) is 3.12. The number of aromatic nitrogens is 2. The SMILES string of the molecule is Cc1ccc2nc(-c3ccc(F)cc3)c(OCCCNS(=O)(=O)c3ccc(F)cc3)n2c1. The van der Waals surface area contributed by atoms with Gasteiger partial charge in [0.05, 0.1) is 11.5 Å². The number of imidazole rings is 1. The van der Waals surface area contributed by atoms with E-state index in [1.807, 2.05) is 29.7 Å². The Morgan fingerprint density at radius 1 is 0.969 bits per heavy atom. The van der Waals surface area contributed by atoms with Gasteiger partial charge in [-0.05, 0) is 73.5 Å². The van der Waals surface area contributed by atoms with Gasteiger partial charge in [0, 0.05) is 18.3 Å². The smallest absolute Gasteiger partial charge is 0.240 e. The third-order valence-corrected chi connectivity index (χ3v) is 6.29. The summed E-state index contributed by atoms with van der Waals surface area (Å²) in [6.45, 7) is 2.31. The summed E-state index contributed by atoms with van der Waals surface area (Å²) in [5.41, 5.74) is 2.97. The third-order valence-electron chi connectivity index (χ3n) is 4.82. The second-order valence-corrected chi connectivity index (χ2v) is 9.03. The zero-order valence-corrected chi connectivity index (χ0v) is 18.1. The van der Waals surface area contributed by atoms with Crippen molar-refractivity contribution < 1.29 is 21.9 Å². The topological polar surface area (TPSA) is 72.7 Å². The number of sulfonamides is 1. The number of benzene rings is 2. The molecule has 0 aliphatic heterocycles. The minimum absolute atomic E-state index is 0.00401. The molecule has 0 saturated heterocycles. The van der Waals surface area contributed by atoms with Crippen molar-refractivity contribution in [2.75, 3.05) is 13.2 Å². The summed E-state index contributed by atoms with van der Waals surface area (Å²) in [5.74, 6) is -0.349. The van der Waals surface area contributed by atoms with Gasteiger partial charge < -0.3 is 4.74 Å². The highest BCUT2D eigenvalue weighted by Crippen LogP contribution is 2.31. The summed E-state index contributed by atoms with van der Waals surface area (Å²) in [6, 6.07) is 14.4. The molecule has 166 valence electrons. The number of hydrogen-bond acceptors (Lipinski definition) is 4. The number of hydrogen-bond donors (Lipinski definition) is 1. The second-order valence-electron chi connectivity index (χ2n) is 7.26. The van der Waals surface area contributed by atoms with E-state index in [1.165, 1.54) is 24.3 Å². The van der Waals surface area contributed by atoms with Gasteiger partial charge >= 0.3 is 0 Å². The van der Waals surface area contributed by atoms with E-state index in [9.17, 15) is 17.2 Å². The van der Waals surface area contributed by atoms with Crippen LogP contribution in [-0.4, -0.2) is 31.0 Å². The summed E-state index contributed by atoms with van der Waals surface area (Å²) < 4.78 is 61.2. The van der Waals surface area contributed by atoms with E-state index in [0.29, 0.717) is 29.2 Å². The van der Waals surface area contributed by atoms with E-state index >= 15 is 0 Å². The van der Waals surface area contributed by atoms with Crippen molar-refractivity contribution in [2.45, 2.75) is 18.2 Å². The largest absolute Gasteiger partial charge is 0.477 e. The van der Waals surface area contributed by atoms with E-state index in [4.69, 9.17) is 4.74 Å². The lowest BCUT2D eigenvalue weighted by Crippen LogP contribution is -2.26. The molecule has 2 aromatic heterocycles. The molecule has 2 aromatic carbocycles. The predicted octanol–water partition coefficient (Wildman–Crippen LogP) is 4.34. The van der Waals surface area contributed by atoms with Crippen LogP contribution in [0.3, 0.4) is 0 Å². The minimum atomic E-state index is -3.73. The fourth-order valence-electron chi connectivity index (χ4n) is 3.21. The Balaban J connectivity index is 1.47. The molecular formula is C23H21F2N3O3S. The highest BCUT2D eigenvalue weighted by Gasteiger charge is 2.17. The molecule has 0 bridgehead atoms. The molecule has 9 heteroatoms. The summed E-state index contributed by atoms with van der Waals surface area (Å²) in [4.78, 5) is 4.61. The van der Waals surface area contributed by atoms with Gasteiger partial charge in [0.2, 0.25) is 15.9 Å². The van der Waals surface area contributed by atoms with Crippen LogP contribution in [0.5, 0.6) is 5.88 Å². The molecular weight excluding hydrogens is 436 g/mol. The number of aryl methyl sites for hydroxylation is 1. The first-order chi connectivity index (χ1) is 15.3. The monoisotopic (exact) mass is 457 g/mol. The Hall–Kier alpha value is -3.30. The van der Waals surface area contributed by atoms with Gasteiger partial charge in [-0.1, -0.05) is 6.07 Å². The quantitative estimate of drug-likeness (QED) is 0.400. The maximum absolute atomic E-state index is 13.4. The predicted molar refractivity (Wildman–Crippen MR) is 117 cm³/mol. The third kappa shape index (κ3) is 4.79. The van der Waals surface area contributed by atoms with Crippen LogP contribution in [0.15, 0.2) is 71.8 Å². The molecule has 0 radical (unpaired) electrons. The summed E-state index contributed by atoms with van der Waals surface area (Å²) >= 11 is 0. The molecule has 0 atom stereocenters. The number of nitrogens with one attached hydrogen (secondary N) is 1. The van der Waals surface area contributed by atoms with E-state index in [1.54, 1.807) is 12.1 Å². The van der Waals surface area contributed by atoms with Crippen molar-refractivity contribution in [3.63, 3.8) is 0 Å². The maximum atomic E-state index is 13.4. The Kier molecular flexibility index (Phi) is 6.20. The molecule has 0 aliphatic carbocycles. The van der Waals surface area contributed by atoms with Crippen molar-refractivity contribution in [3.8, 4) is 17.1 Å². The molecule has 6 nitrogen and oxygen atoms in total. The molecule has 0 spiro atoms. The zero-order chi connectivity index (χ0) is 22.7. The maximum Gasteiger partial charge on any atom is 0.240 e. The highest BCUT2D eigenvalue weighted by molar-refractivity contribution is 7.89. The van der Waals surface area contributed by atoms with Crippen LogP contribution in [0.1, 0.15) is 12.0 Å². The molecule has 4 rings (SSSR count). The Labute approximate surface area is 184 Å². The lowest BCUT2D eigenvalue weighted by molar-refractivity contribution is 0.298. The number of rotatable bonds is 8. The van der Waals surface area contributed by atoms with E-state index < -0.39 is 15.8 Å². The standard InChI is InChI=1S/C23H21F2N3O3S/c1-16-3-12-21-27-22(17-4-6-18(24)7-5-17)23(28(21)15-16)31-14-2-13-26-32(29,30)20-10-8-19(25)9-11-20/h3-12,15,26H,2,13-14H2,1H3. The fourth-order valence-corrected chi connectivity index (χ4v) is 4.28. The minimum Gasteiger partial charge on any atom is -0.477 e. The van der Waals surface area contributed by atoms with Gasteiger partial charge in [-0.15, -0.1) is 0 Å². The van der Waals surface area contributed by atoms with E-state index in [0.717, 1.165) is 17.7 Å². The Morgan fingerprint density at radius 3 is 2.31 bits per heavy atom. The number of ether oxygens (including phenoxy) is 1. The summed E-state index contributed by atoms with van der Waals surface area (Å²) in [7, 11) is -3.73. The van der Waals surface area contributed by atoms with E-state index in [2.05, 4.69) is 9.71 Å². The summed E-state index contributed by atoms with van der Waals surface area (Å²) in [5, 5.41) is 0. The van der Waals surface area contributed by atoms with Crippen molar-refractivity contribution in [1.82, 2.24) is 14.1 Å². The van der Waals surface area contributed by atoms with Crippen LogP contribution in [0.25, 0.3) is 16.9 Å². The van der Waals surface area contributed by atoms with Crippen LogP contribution in [0.2, 0.25) is 0 Å². The van der Waals surface area contributed by atoms with Gasteiger partial charge in [0.1, 0.15) is 23.0 Å². The van der Waals surface area contributed by atoms with Gasteiger partial charge in [-0.3, -0.25) is 4.40 Å². The molecule has 32 heavy (non-hydrogen) atoms. The molecule has 0 aliphatic rings. The van der Waals surface area contributed by atoms with Crippen LogP contribution in [0.4, 0.5) is 8.78 Å². The first-order valence-corrected chi connectivity index (χ1v) is 11.4. The highest BCUT2D eigenvalue weighted by atomic mass is 32.2. The molecule has 4 aromatic rings. The Bertz CT molecular complexity index is 1340. The van der Waals surface area contributed by atoms with Crippen molar-refractivity contribution in [2.24, 2.45) is 0 Å². The zero-order valence-electron chi connectivity index (χ0n) is 17.3. The lowest BCUT2D eigenvalue weighted by Gasteiger charge is -2.10. The van der Waals surface area contributed by atoms with Crippen LogP contribution < -0.4 is 9.46 Å². The van der Waals surface area contributed by atoms with E-state index in [-0.39, 0.29) is 23.9 Å². The van der Waals surface area contributed by atoms with Crippen molar-refractivity contribution in [1.29, 1.82) is 0 Å². The average molecular weight is 458 g/mol. The first-order valence-electron chi connectivity index (χ1n) is 9.96. The number of nitrogens with zero attached hydrogens (tertiary/aromatic N) is 2. The number of halogens is 2. The number of fused-ring (bicyclic) bond motifs is 1. The molecule has 1 N–H and O–H groups in total. The fraction of sp³-hybridized carbons (Fsp3) is 0.174. The lowest BCUT2D eigenvalue weighted by atomic mass is 10.1. The normalized spacial score (nSPS) is 11.7. The molecule has 2 heterocycles. The van der Waals surface area contributed by atoms with Gasteiger partial charge in [-0.2, -0.15) is 0 Å². The first kappa shape index (κ1) is 21.9. The molecule has 0 saturated carbocycles. The van der Waals surface area contributed by atoms with Crippen molar-refractivity contribution >= 4 is 15.7 Å².